The van der Waals surface area contributed by atoms with E-state index in [-0.39, 0.29) is 26.8 Å². The summed E-state index contributed by atoms with van der Waals surface area (Å²) in [5.41, 5.74) is 3.21. The first-order valence-electron chi connectivity index (χ1n) is 8.39. The van der Waals surface area contributed by atoms with Gasteiger partial charge in [0.05, 0.1) is 33.1 Å². The number of carbonyl (C=O) groups excluding carboxylic acids is 1. The molecule has 1 atom stereocenters. The fourth-order valence-electron chi connectivity index (χ4n) is 2.89. The lowest BCUT2D eigenvalue weighted by Crippen LogP contribution is -2.41. The fourth-order valence-corrected chi connectivity index (χ4v) is 4.44. The molecule has 0 saturated heterocycles. The summed E-state index contributed by atoms with van der Waals surface area (Å²) in [6.07, 6.45) is 0.993. The second-order valence-corrected chi connectivity index (χ2v) is 9.77. The number of amides is 1. The number of carbonyl (C=O) groups is 1. The van der Waals surface area contributed by atoms with Crippen molar-refractivity contribution in [3.8, 4) is 0 Å². The van der Waals surface area contributed by atoms with Crippen LogP contribution in [-0.2, 0) is 14.8 Å². The highest BCUT2D eigenvalue weighted by Gasteiger charge is 2.25. The monoisotopic (exact) mass is 462 g/mol. The van der Waals surface area contributed by atoms with Crippen molar-refractivity contribution in [2.75, 3.05) is 17.1 Å². The minimum absolute atomic E-state index is 0.0788. The van der Waals surface area contributed by atoms with Gasteiger partial charge in [-0.15, -0.1) is 0 Å². The summed E-state index contributed by atoms with van der Waals surface area (Å²) in [5.74, 6) is -0.472. The zero-order valence-electron chi connectivity index (χ0n) is 15.9. The molecule has 152 valence electrons. The number of halogens is 3. The first kappa shape index (κ1) is 22.8. The van der Waals surface area contributed by atoms with Crippen LogP contribution in [0.4, 0.5) is 5.69 Å². The van der Waals surface area contributed by atoms with E-state index in [0.29, 0.717) is 0 Å². The van der Waals surface area contributed by atoms with Crippen molar-refractivity contribution in [3.63, 3.8) is 0 Å². The number of hydrogen-bond acceptors (Lipinski definition) is 3. The van der Waals surface area contributed by atoms with Crippen LogP contribution in [0.5, 0.6) is 0 Å². The zero-order chi connectivity index (χ0) is 21.2. The van der Waals surface area contributed by atoms with Crippen LogP contribution < -0.4 is 9.62 Å². The molecule has 28 heavy (non-hydrogen) atoms. The van der Waals surface area contributed by atoms with E-state index in [9.17, 15) is 13.2 Å². The molecule has 0 aliphatic heterocycles. The number of benzene rings is 2. The molecule has 0 bridgehead atoms. The van der Waals surface area contributed by atoms with E-state index >= 15 is 0 Å². The van der Waals surface area contributed by atoms with Crippen molar-refractivity contribution in [2.24, 2.45) is 0 Å². The SMILES string of the molecule is Cc1ccc([C@@H](C)NC(=O)CN(c2cc(Cl)c(Cl)cc2Cl)S(C)(=O)=O)c(C)c1. The van der Waals surface area contributed by atoms with Gasteiger partial charge in [-0.2, -0.15) is 0 Å². The van der Waals surface area contributed by atoms with E-state index in [4.69, 9.17) is 34.8 Å². The van der Waals surface area contributed by atoms with Gasteiger partial charge in [-0.25, -0.2) is 8.42 Å². The van der Waals surface area contributed by atoms with Crippen LogP contribution >= 0.6 is 34.8 Å². The Morgan fingerprint density at radius 3 is 2.25 bits per heavy atom. The molecule has 0 aromatic heterocycles. The minimum atomic E-state index is -3.79. The summed E-state index contributed by atoms with van der Waals surface area (Å²) in [7, 11) is -3.79. The molecule has 0 aliphatic carbocycles. The molecule has 9 heteroatoms. The molecule has 2 aromatic rings. The largest absolute Gasteiger partial charge is 0.348 e. The van der Waals surface area contributed by atoms with Crippen molar-refractivity contribution in [2.45, 2.75) is 26.8 Å². The molecule has 0 heterocycles. The molecule has 0 spiro atoms. The molecular weight excluding hydrogens is 443 g/mol. The molecule has 5 nitrogen and oxygen atoms in total. The highest BCUT2D eigenvalue weighted by molar-refractivity contribution is 7.92. The molecule has 0 unspecified atom stereocenters. The van der Waals surface area contributed by atoms with E-state index < -0.39 is 22.5 Å². The lowest BCUT2D eigenvalue weighted by atomic mass is 10.0. The van der Waals surface area contributed by atoms with Gasteiger partial charge < -0.3 is 5.32 Å². The van der Waals surface area contributed by atoms with Crippen LogP contribution in [0.25, 0.3) is 0 Å². The zero-order valence-corrected chi connectivity index (χ0v) is 19.0. The van der Waals surface area contributed by atoms with Crippen molar-refractivity contribution in [1.29, 1.82) is 0 Å². The maximum absolute atomic E-state index is 12.6. The van der Waals surface area contributed by atoms with Crippen LogP contribution in [0.15, 0.2) is 30.3 Å². The van der Waals surface area contributed by atoms with Crippen LogP contribution in [0.1, 0.15) is 29.7 Å². The van der Waals surface area contributed by atoms with Gasteiger partial charge in [0.1, 0.15) is 6.54 Å². The summed E-state index contributed by atoms with van der Waals surface area (Å²) in [5, 5.41) is 3.24. The maximum Gasteiger partial charge on any atom is 0.241 e. The maximum atomic E-state index is 12.6. The Morgan fingerprint density at radius 2 is 1.68 bits per heavy atom. The standard InChI is InChI=1S/C19H21Cl3N2O3S/c1-11-5-6-14(12(2)7-11)13(3)23-19(25)10-24(28(4,26)27)18-9-16(21)15(20)8-17(18)22/h5-9,13H,10H2,1-4H3,(H,23,25)/t13-/m1/s1. The van der Waals surface area contributed by atoms with Gasteiger partial charge in [-0.1, -0.05) is 58.6 Å². The van der Waals surface area contributed by atoms with Crippen molar-refractivity contribution < 1.29 is 13.2 Å². The van der Waals surface area contributed by atoms with E-state index in [1.54, 1.807) is 0 Å². The third kappa shape index (κ3) is 5.54. The second kappa shape index (κ2) is 8.91. The highest BCUT2D eigenvalue weighted by Crippen LogP contribution is 2.35. The quantitative estimate of drug-likeness (QED) is 0.619. The molecule has 1 N–H and O–H groups in total. The van der Waals surface area contributed by atoms with Crippen LogP contribution in [0.2, 0.25) is 15.1 Å². The predicted octanol–water partition coefficient (Wildman–Crippen LogP) is 4.91. The van der Waals surface area contributed by atoms with Gasteiger partial charge in [0.15, 0.2) is 0 Å². The van der Waals surface area contributed by atoms with E-state index in [0.717, 1.165) is 27.3 Å². The first-order chi connectivity index (χ1) is 12.9. The number of sulfonamides is 1. The topological polar surface area (TPSA) is 66.5 Å². The van der Waals surface area contributed by atoms with E-state index in [1.165, 1.54) is 12.1 Å². The fraction of sp³-hybridized carbons (Fsp3) is 0.316. The third-order valence-electron chi connectivity index (χ3n) is 4.22. The Balaban J connectivity index is 2.26. The summed E-state index contributed by atoms with van der Waals surface area (Å²) < 4.78 is 25.5. The Morgan fingerprint density at radius 1 is 1.07 bits per heavy atom. The number of hydrogen-bond donors (Lipinski definition) is 1. The lowest BCUT2D eigenvalue weighted by molar-refractivity contribution is -0.120. The molecule has 0 fully saturated rings. The number of nitrogens with zero attached hydrogens (tertiary/aromatic N) is 1. The van der Waals surface area contributed by atoms with Crippen LogP contribution in [-0.4, -0.2) is 27.1 Å². The molecule has 0 saturated carbocycles. The summed E-state index contributed by atoms with van der Waals surface area (Å²) in [4.78, 5) is 12.6. The van der Waals surface area contributed by atoms with Gasteiger partial charge in [0.2, 0.25) is 15.9 Å². The Labute approximate surface area is 180 Å². The highest BCUT2D eigenvalue weighted by atomic mass is 35.5. The van der Waals surface area contributed by atoms with E-state index in [2.05, 4.69) is 5.32 Å². The number of rotatable bonds is 6. The summed E-state index contributed by atoms with van der Waals surface area (Å²) in [6, 6.07) is 8.31. The molecule has 0 aliphatic rings. The molecule has 2 rings (SSSR count). The van der Waals surface area contributed by atoms with Crippen LogP contribution in [0, 0.1) is 13.8 Å². The first-order valence-corrected chi connectivity index (χ1v) is 11.4. The van der Waals surface area contributed by atoms with Gasteiger partial charge >= 0.3 is 0 Å². The second-order valence-electron chi connectivity index (χ2n) is 6.64. The van der Waals surface area contributed by atoms with Gasteiger partial charge in [0.25, 0.3) is 0 Å². The molecule has 0 radical (unpaired) electrons. The molecule has 1 amide bonds. The number of anilines is 1. The van der Waals surface area contributed by atoms with E-state index in [1.807, 2.05) is 39.0 Å². The van der Waals surface area contributed by atoms with Gasteiger partial charge in [0, 0.05) is 0 Å². The third-order valence-corrected chi connectivity index (χ3v) is 6.37. The van der Waals surface area contributed by atoms with Crippen LogP contribution in [0.3, 0.4) is 0 Å². The molecule has 2 aromatic carbocycles. The Hall–Kier alpha value is -1.47. The summed E-state index contributed by atoms with van der Waals surface area (Å²) >= 11 is 18.0. The van der Waals surface area contributed by atoms with Gasteiger partial charge in [-0.05, 0) is 44.0 Å². The average Bonchev–Trinajstić information content (AvgIpc) is 2.55. The number of aryl methyl sites for hydroxylation is 2. The Bertz CT molecular complexity index is 1010. The average molecular weight is 464 g/mol. The normalized spacial score (nSPS) is 12.5. The van der Waals surface area contributed by atoms with Crippen molar-refractivity contribution in [1.82, 2.24) is 5.32 Å². The smallest absolute Gasteiger partial charge is 0.241 e. The van der Waals surface area contributed by atoms with Crippen molar-refractivity contribution >= 4 is 56.4 Å². The summed E-state index contributed by atoms with van der Waals surface area (Å²) in [6.45, 7) is 5.35. The minimum Gasteiger partial charge on any atom is -0.348 e. The van der Waals surface area contributed by atoms with Crippen molar-refractivity contribution in [3.05, 3.63) is 62.1 Å². The predicted molar refractivity (Wildman–Crippen MR) is 116 cm³/mol. The molecular formula is C19H21Cl3N2O3S. The lowest BCUT2D eigenvalue weighted by Gasteiger charge is -2.25. The Kier molecular flexibility index (Phi) is 7.26. The van der Waals surface area contributed by atoms with Gasteiger partial charge in [-0.3, -0.25) is 9.10 Å². The number of nitrogens with one attached hydrogen (secondary N) is 1.